The molecule has 1 aromatic rings. The summed E-state index contributed by atoms with van der Waals surface area (Å²) in [6, 6.07) is 6.42. The molecule has 1 rings (SSSR count). The molecule has 0 bridgehead atoms. The summed E-state index contributed by atoms with van der Waals surface area (Å²) in [5, 5.41) is 5.69. The van der Waals surface area contributed by atoms with Gasteiger partial charge in [0, 0.05) is 19.5 Å². The highest BCUT2D eigenvalue weighted by Crippen LogP contribution is 2.03. The molecule has 96 valence electrons. The maximum absolute atomic E-state index is 12.8. The van der Waals surface area contributed by atoms with Crippen LogP contribution in [0.3, 0.4) is 0 Å². The van der Waals surface area contributed by atoms with Crippen molar-refractivity contribution in [3.05, 3.63) is 35.6 Å². The van der Waals surface area contributed by atoms with Crippen LogP contribution in [0.25, 0.3) is 0 Å². The quantitative estimate of drug-likeness (QED) is 0.814. The number of amides is 1. The Morgan fingerprint density at radius 3 is 2.76 bits per heavy atom. The number of carbonyl (C=O) groups excluding carboxylic acids is 1. The van der Waals surface area contributed by atoms with Crippen LogP contribution in [-0.2, 0) is 11.2 Å². The summed E-state index contributed by atoms with van der Waals surface area (Å²) in [5.41, 5.74) is 0.897. The van der Waals surface area contributed by atoms with E-state index in [2.05, 4.69) is 10.6 Å². The van der Waals surface area contributed by atoms with Gasteiger partial charge in [-0.25, -0.2) is 4.39 Å². The second-order valence-corrected chi connectivity index (χ2v) is 3.58. The predicted octanol–water partition coefficient (Wildman–Crippen LogP) is 1.52. The lowest BCUT2D eigenvalue weighted by Gasteiger charge is -2.05. The van der Waals surface area contributed by atoms with E-state index in [9.17, 15) is 9.18 Å². The Morgan fingerprint density at radius 2 is 2.12 bits per heavy atom. The fourth-order valence-electron chi connectivity index (χ4n) is 1.37. The van der Waals surface area contributed by atoms with E-state index in [1.807, 2.05) is 6.07 Å². The largest absolute Gasteiger partial charge is 0.356 e. The number of halogens is 2. The third kappa shape index (κ3) is 6.92. The third-order valence-corrected chi connectivity index (χ3v) is 2.23. The van der Waals surface area contributed by atoms with E-state index in [1.54, 1.807) is 13.1 Å². The first-order valence-electron chi connectivity index (χ1n) is 5.38. The van der Waals surface area contributed by atoms with Crippen molar-refractivity contribution >= 4 is 18.3 Å². The fraction of sp³-hybridized carbons (Fsp3) is 0.417. The summed E-state index contributed by atoms with van der Waals surface area (Å²) in [4.78, 5) is 11.2. The van der Waals surface area contributed by atoms with Crippen molar-refractivity contribution in [1.82, 2.24) is 10.6 Å². The molecule has 0 aliphatic rings. The topological polar surface area (TPSA) is 41.1 Å². The van der Waals surface area contributed by atoms with Crippen LogP contribution in [0.2, 0.25) is 0 Å². The van der Waals surface area contributed by atoms with Gasteiger partial charge in [-0.3, -0.25) is 4.79 Å². The molecule has 3 nitrogen and oxygen atoms in total. The first kappa shape index (κ1) is 15.9. The Morgan fingerprint density at radius 1 is 1.35 bits per heavy atom. The number of hydrogen-bond donors (Lipinski definition) is 2. The third-order valence-electron chi connectivity index (χ3n) is 2.23. The number of hydrogen-bond acceptors (Lipinski definition) is 2. The van der Waals surface area contributed by atoms with Gasteiger partial charge in [-0.2, -0.15) is 0 Å². The Labute approximate surface area is 107 Å². The summed E-state index contributed by atoms with van der Waals surface area (Å²) >= 11 is 0. The number of benzene rings is 1. The molecule has 0 aliphatic heterocycles. The van der Waals surface area contributed by atoms with Crippen LogP contribution < -0.4 is 10.6 Å². The van der Waals surface area contributed by atoms with Gasteiger partial charge >= 0.3 is 0 Å². The summed E-state index contributed by atoms with van der Waals surface area (Å²) < 4.78 is 12.8. The van der Waals surface area contributed by atoms with Gasteiger partial charge in [-0.05, 0) is 31.2 Å². The van der Waals surface area contributed by atoms with Crippen LogP contribution in [0.4, 0.5) is 4.39 Å². The van der Waals surface area contributed by atoms with Gasteiger partial charge in [0.15, 0.2) is 0 Å². The summed E-state index contributed by atoms with van der Waals surface area (Å²) in [7, 11) is 1.81. The first-order chi connectivity index (χ1) is 7.72. The average Bonchev–Trinajstić information content (AvgIpc) is 2.26. The molecule has 0 aromatic heterocycles. The molecule has 0 heterocycles. The zero-order chi connectivity index (χ0) is 11.8. The molecule has 0 saturated heterocycles. The highest BCUT2D eigenvalue weighted by molar-refractivity contribution is 5.85. The van der Waals surface area contributed by atoms with E-state index in [0.717, 1.165) is 5.56 Å². The molecule has 0 saturated carbocycles. The van der Waals surface area contributed by atoms with Crippen molar-refractivity contribution in [3.8, 4) is 0 Å². The van der Waals surface area contributed by atoms with E-state index in [1.165, 1.54) is 12.1 Å². The minimum absolute atomic E-state index is 0. The highest BCUT2D eigenvalue weighted by Gasteiger charge is 2.00. The Kier molecular flexibility index (Phi) is 8.36. The van der Waals surface area contributed by atoms with Crippen LogP contribution in [0.15, 0.2) is 24.3 Å². The summed E-state index contributed by atoms with van der Waals surface area (Å²) in [6.45, 7) is 1.22. The minimum atomic E-state index is -0.237. The Bertz CT molecular complexity index is 347. The number of carbonyl (C=O) groups is 1. The Hall–Kier alpha value is -1.13. The molecule has 0 aliphatic carbocycles. The van der Waals surface area contributed by atoms with Crippen LogP contribution in [0.5, 0.6) is 0 Å². The lowest BCUT2D eigenvalue weighted by molar-refractivity contribution is -0.120. The van der Waals surface area contributed by atoms with Gasteiger partial charge in [-0.15, -0.1) is 12.4 Å². The maximum Gasteiger partial charge on any atom is 0.221 e. The molecule has 0 atom stereocenters. The van der Waals surface area contributed by atoms with Crippen molar-refractivity contribution in [2.24, 2.45) is 0 Å². The van der Waals surface area contributed by atoms with Crippen LogP contribution >= 0.6 is 12.4 Å². The van der Waals surface area contributed by atoms with Crippen LogP contribution in [-0.4, -0.2) is 26.0 Å². The van der Waals surface area contributed by atoms with Gasteiger partial charge in [0.2, 0.25) is 5.91 Å². The van der Waals surface area contributed by atoms with E-state index in [0.29, 0.717) is 25.9 Å². The van der Waals surface area contributed by atoms with Crippen molar-refractivity contribution in [3.63, 3.8) is 0 Å². The van der Waals surface area contributed by atoms with Gasteiger partial charge in [0.25, 0.3) is 0 Å². The van der Waals surface area contributed by atoms with Gasteiger partial charge < -0.3 is 10.6 Å². The number of nitrogens with one attached hydrogen (secondary N) is 2. The molecule has 0 unspecified atom stereocenters. The van der Waals surface area contributed by atoms with Gasteiger partial charge in [0.05, 0.1) is 0 Å². The van der Waals surface area contributed by atoms with Crippen molar-refractivity contribution in [2.75, 3.05) is 20.1 Å². The van der Waals surface area contributed by atoms with Gasteiger partial charge in [0.1, 0.15) is 5.82 Å². The molecule has 0 fully saturated rings. The second-order valence-electron chi connectivity index (χ2n) is 3.58. The molecular weight excluding hydrogens is 243 g/mol. The monoisotopic (exact) mass is 260 g/mol. The predicted molar refractivity (Wildman–Crippen MR) is 68.9 cm³/mol. The second kappa shape index (κ2) is 8.96. The highest BCUT2D eigenvalue weighted by atomic mass is 35.5. The van der Waals surface area contributed by atoms with Crippen molar-refractivity contribution in [1.29, 1.82) is 0 Å². The normalized spacial score (nSPS) is 9.53. The van der Waals surface area contributed by atoms with E-state index >= 15 is 0 Å². The first-order valence-corrected chi connectivity index (χ1v) is 5.38. The zero-order valence-electron chi connectivity index (χ0n) is 9.83. The van der Waals surface area contributed by atoms with Crippen LogP contribution in [0, 0.1) is 5.82 Å². The molecule has 5 heteroatoms. The SMILES string of the molecule is CNCCC(=O)NCCc1cccc(F)c1.Cl. The lowest BCUT2D eigenvalue weighted by atomic mass is 10.1. The Balaban J connectivity index is 0.00000256. The maximum atomic E-state index is 12.8. The minimum Gasteiger partial charge on any atom is -0.356 e. The average molecular weight is 261 g/mol. The van der Waals surface area contributed by atoms with Crippen molar-refractivity contribution in [2.45, 2.75) is 12.8 Å². The molecule has 0 spiro atoms. The molecule has 1 aromatic carbocycles. The van der Waals surface area contributed by atoms with Crippen LogP contribution in [0.1, 0.15) is 12.0 Å². The van der Waals surface area contributed by atoms with E-state index < -0.39 is 0 Å². The summed E-state index contributed by atoms with van der Waals surface area (Å²) in [5.74, 6) is -0.218. The van der Waals surface area contributed by atoms with E-state index in [-0.39, 0.29) is 24.1 Å². The lowest BCUT2D eigenvalue weighted by Crippen LogP contribution is -2.28. The van der Waals surface area contributed by atoms with Gasteiger partial charge in [-0.1, -0.05) is 12.1 Å². The molecule has 1 amide bonds. The van der Waals surface area contributed by atoms with Crippen molar-refractivity contribution < 1.29 is 9.18 Å². The smallest absolute Gasteiger partial charge is 0.221 e. The molecule has 0 radical (unpaired) electrons. The summed E-state index contributed by atoms with van der Waals surface area (Å²) in [6.07, 6.45) is 1.13. The fourth-order valence-corrected chi connectivity index (χ4v) is 1.37. The zero-order valence-corrected chi connectivity index (χ0v) is 10.6. The molecular formula is C12H18ClFN2O. The number of rotatable bonds is 6. The molecule has 17 heavy (non-hydrogen) atoms. The standard InChI is InChI=1S/C12H17FN2O.ClH/c1-14-7-6-12(16)15-8-5-10-3-2-4-11(13)9-10;/h2-4,9,14H,5-8H2,1H3,(H,15,16);1H. The van der Waals surface area contributed by atoms with E-state index in [4.69, 9.17) is 0 Å². The molecule has 2 N–H and O–H groups in total.